The third-order valence-corrected chi connectivity index (χ3v) is 3.74. The Morgan fingerprint density at radius 2 is 2.33 bits per heavy atom. The van der Waals surface area contributed by atoms with Crippen LogP contribution in [0.2, 0.25) is 0 Å². The van der Waals surface area contributed by atoms with E-state index in [1.807, 2.05) is 11.6 Å². The molecule has 3 heteroatoms. The molecular weight excluding hydrogens is 204 g/mol. The van der Waals surface area contributed by atoms with Gasteiger partial charge in [-0.3, -0.25) is 4.90 Å². The standard InChI is InChI=1S/C12H18N2S/c1-6-12(3,4)14(5)9-10(2)11-13-7-8-15-11/h1,7-8,10H,9H2,2-5H3. The van der Waals surface area contributed by atoms with Gasteiger partial charge in [-0.25, -0.2) is 4.98 Å². The summed E-state index contributed by atoms with van der Waals surface area (Å²) in [5, 5.41) is 3.19. The molecule has 0 fully saturated rings. The summed E-state index contributed by atoms with van der Waals surface area (Å²) in [5.74, 6) is 3.23. The van der Waals surface area contributed by atoms with Crippen LogP contribution in [0.25, 0.3) is 0 Å². The van der Waals surface area contributed by atoms with Gasteiger partial charge >= 0.3 is 0 Å². The van der Waals surface area contributed by atoms with Crippen molar-refractivity contribution in [2.24, 2.45) is 0 Å². The minimum Gasteiger partial charge on any atom is -0.290 e. The number of hydrogen-bond acceptors (Lipinski definition) is 3. The lowest BCUT2D eigenvalue weighted by atomic mass is 10.0. The van der Waals surface area contributed by atoms with Crippen LogP contribution in [0, 0.1) is 12.3 Å². The highest BCUT2D eigenvalue weighted by Crippen LogP contribution is 2.21. The minimum atomic E-state index is -0.189. The van der Waals surface area contributed by atoms with Gasteiger partial charge in [0.25, 0.3) is 0 Å². The van der Waals surface area contributed by atoms with E-state index in [1.54, 1.807) is 11.3 Å². The normalized spacial score (nSPS) is 13.9. The first-order valence-electron chi connectivity index (χ1n) is 5.05. The van der Waals surface area contributed by atoms with Gasteiger partial charge in [-0.2, -0.15) is 0 Å². The van der Waals surface area contributed by atoms with E-state index in [0.29, 0.717) is 5.92 Å². The van der Waals surface area contributed by atoms with Gasteiger partial charge < -0.3 is 0 Å². The number of aromatic nitrogens is 1. The van der Waals surface area contributed by atoms with Crippen LogP contribution in [-0.4, -0.2) is 29.0 Å². The van der Waals surface area contributed by atoms with E-state index in [9.17, 15) is 0 Å². The fraction of sp³-hybridized carbons (Fsp3) is 0.583. The molecule has 1 aromatic rings. The first kappa shape index (κ1) is 12.2. The van der Waals surface area contributed by atoms with Gasteiger partial charge in [-0.1, -0.05) is 12.8 Å². The van der Waals surface area contributed by atoms with Crippen molar-refractivity contribution in [1.29, 1.82) is 0 Å². The van der Waals surface area contributed by atoms with Crippen LogP contribution in [0.4, 0.5) is 0 Å². The number of hydrogen-bond donors (Lipinski definition) is 0. The maximum atomic E-state index is 5.50. The van der Waals surface area contributed by atoms with E-state index in [0.717, 1.165) is 6.54 Å². The second kappa shape index (κ2) is 4.78. The number of likely N-dealkylation sites (N-methyl/N-ethyl adjacent to an activating group) is 1. The molecule has 1 unspecified atom stereocenters. The summed E-state index contributed by atoms with van der Waals surface area (Å²) in [6.45, 7) is 7.23. The van der Waals surface area contributed by atoms with E-state index >= 15 is 0 Å². The molecule has 0 amide bonds. The molecule has 82 valence electrons. The van der Waals surface area contributed by atoms with Crippen LogP contribution in [0.5, 0.6) is 0 Å². The van der Waals surface area contributed by atoms with Gasteiger partial charge in [0.1, 0.15) is 0 Å². The summed E-state index contributed by atoms with van der Waals surface area (Å²) >= 11 is 1.70. The summed E-state index contributed by atoms with van der Waals surface area (Å²) in [5.41, 5.74) is -0.189. The Kier molecular flexibility index (Phi) is 3.90. The van der Waals surface area contributed by atoms with Crippen molar-refractivity contribution in [3.8, 4) is 12.3 Å². The summed E-state index contributed by atoms with van der Waals surface area (Å²) in [7, 11) is 2.06. The SMILES string of the molecule is C#CC(C)(C)N(C)CC(C)c1nccs1. The third-order valence-electron chi connectivity index (χ3n) is 2.73. The largest absolute Gasteiger partial charge is 0.290 e. The van der Waals surface area contributed by atoms with Crippen LogP contribution < -0.4 is 0 Å². The van der Waals surface area contributed by atoms with Crippen molar-refractivity contribution in [3.05, 3.63) is 16.6 Å². The van der Waals surface area contributed by atoms with Gasteiger partial charge in [-0.15, -0.1) is 17.8 Å². The Morgan fingerprint density at radius 3 is 2.80 bits per heavy atom. The Morgan fingerprint density at radius 1 is 1.67 bits per heavy atom. The van der Waals surface area contributed by atoms with Crippen molar-refractivity contribution in [2.75, 3.05) is 13.6 Å². The number of thiazole rings is 1. The zero-order valence-electron chi connectivity index (χ0n) is 9.82. The summed E-state index contributed by atoms with van der Waals surface area (Å²) in [6, 6.07) is 0. The zero-order valence-corrected chi connectivity index (χ0v) is 10.6. The molecule has 0 saturated heterocycles. The molecule has 0 aromatic carbocycles. The van der Waals surface area contributed by atoms with E-state index in [2.05, 4.69) is 43.6 Å². The van der Waals surface area contributed by atoms with Crippen LogP contribution in [0.15, 0.2) is 11.6 Å². The second-order valence-electron chi connectivity index (χ2n) is 4.36. The van der Waals surface area contributed by atoms with Crippen molar-refractivity contribution in [2.45, 2.75) is 32.2 Å². The van der Waals surface area contributed by atoms with E-state index in [4.69, 9.17) is 6.42 Å². The van der Waals surface area contributed by atoms with E-state index < -0.39 is 0 Å². The maximum Gasteiger partial charge on any atom is 0.0965 e. The average molecular weight is 222 g/mol. The average Bonchev–Trinajstić information content (AvgIpc) is 2.70. The number of terminal acetylenes is 1. The van der Waals surface area contributed by atoms with Crippen molar-refractivity contribution >= 4 is 11.3 Å². The predicted octanol–water partition coefficient (Wildman–Crippen LogP) is 2.59. The fourth-order valence-electron chi connectivity index (χ4n) is 1.31. The third kappa shape index (κ3) is 3.05. The van der Waals surface area contributed by atoms with Crippen molar-refractivity contribution in [1.82, 2.24) is 9.88 Å². The molecule has 0 spiro atoms. The lowest BCUT2D eigenvalue weighted by molar-refractivity contribution is 0.204. The van der Waals surface area contributed by atoms with Crippen molar-refractivity contribution in [3.63, 3.8) is 0 Å². The summed E-state index contributed by atoms with van der Waals surface area (Å²) in [4.78, 5) is 6.51. The molecule has 0 aliphatic heterocycles. The highest BCUT2D eigenvalue weighted by molar-refractivity contribution is 7.09. The first-order valence-corrected chi connectivity index (χ1v) is 5.93. The lowest BCUT2D eigenvalue weighted by Gasteiger charge is -2.32. The van der Waals surface area contributed by atoms with Crippen LogP contribution in [0.3, 0.4) is 0 Å². The molecule has 1 heterocycles. The fourth-order valence-corrected chi connectivity index (χ4v) is 1.99. The summed E-state index contributed by atoms with van der Waals surface area (Å²) in [6.07, 6.45) is 7.35. The molecule has 0 bridgehead atoms. The Bertz CT molecular complexity index is 335. The first-order chi connectivity index (χ1) is 6.97. The van der Waals surface area contributed by atoms with Gasteiger partial charge in [0.2, 0.25) is 0 Å². The minimum absolute atomic E-state index is 0.189. The molecule has 1 aromatic heterocycles. The molecule has 15 heavy (non-hydrogen) atoms. The Labute approximate surface area is 96.3 Å². The van der Waals surface area contributed by atoms with Crippen LogP contribution in [-0.2, 0) is 0 Å². The van der Waals surface area contributed by atoms with Gasteiger partial charge in [0, 0.05) is 24.0 Å². The highest BCUT2D eigenvalue weighted by Gasteiger charge is 2.22. The Balaban J connectivity index is 2.60. The second-order valence-corrected chi connectivity index (χ2v) is 5.28. The lowest BCUT2D eigenvalue weighted by Crippen LogP contribution is -2.41. The molecule has 0 radical (unpaired) electrons. The smallest absolute Gasteiger partial charge is 0.0965 e. The highest BCUT2D eigenvalue weighted by atomic mass is 32.1. The van der Waals surface area contributed by atoms with Gasteiger partial charge in [-0.05, 0) is 20.9 Å². The molecule has 0 N–H and O–H groups in total. The van der Waals surface area contributed by atoms with Gasteiger partial charge in [0.05, 0.1) is 10.5 Å². The number of rotatable bonds is 4. The van der Waals surface area contributed by atoms with E-state index in [-0.39, 0.29) is 5.54 Å². The van der Waals surface area contributed by atoms with E-state index in [1.165, 1.54) is 5.01 Å². The molecule has 2 nitrogen and oxygen atoms in total. The van der Waals surface area contributed by atoms with Crippen LogP contribution >= 0.6 is 11.3 Å². The molecule has 1 atom stereocenters. The molecule has 0 aliphatic carbocycles. The van der Waals surface area contributed by atoms with Crippen molar-refractivity contribution < 1.29 is 0 Å². The number of nitrogens with zero attached hydrogens (tertiary/aromatic N) is 2. The monoisotopic (exact) mass is 222 g/mol. The molecule has 1 rings (SSSR count). The molecule has 0 aliphatic rings. The molecular formula is C12H18N2S. The van der Waals surface area contributed by atoms with Crippen LogP contribution in [0.1, 0.15) is 31.7 Å². The predicted molar refractivity (Wildman–Crippen MR) is 66.1 cm³/mol. The Hall–Kier alpha value is -0.850. The quantitative estimate of drug-likeness (QED) is 0.728. The zero-order chi connectivity index (χ0) is 11.5. The topological polar surface area (TPSA) is 16.1 Å². The van der Waals surface area contributed by atoms with Gasteiger partial charge in [0.15, 0.2) is 0 Å². The molecule has 0 saturated carbocycles. The maximum absolute atomic E-state index is 5.50. The summed E-state index contributed by atoms with van der Waals surface area (Å²) < 4.78 is 0.